The van der Waals surface area contributed by atoms with E-state index in [4.69, 9.17) is 11.6 Å². The Bertz CT molecular complexity index is 473. The highest BCUT2D eigenvalue weighted by Gasteiger charge is 2.26. The molecule has 0 amide bonds. The number of sulfonamides is 1. The van der Waals surface area contributed by atoms with Crippen LogP contribution < -0.4 is 4.72 Å². The van der Waals surface area contributed by atoms with Gasteiger partial charge in [-0.15, -0.1) is 11.6 Å². The summed E-state index contributed by atoms with van der Waals surface area (Å²) in [6.07, 6.45) is 0.958. The fourth-order valence-corrected chi connectivity index (χ4v) is 3.36. The fourth-order valence-electron chi connectivity index (χ4n) is 1.95. The molecule has 0 aliphatic heterocycles. The first-order valence-electron chi connectivity index (χ1n) is 5.23. The Kier molecular flexibility index (Phi) is 3.52. The summed E-state index contributed by atoms with van der Waals surface area (Å²) in [6, 6.07) is 8.13. The highest BCUT2D eigenvalue weighted by Crippen LogP contribution is 2.34. The van der Waals surface area contributed by atoms with Crippen LogP contribution in [0.25, 0.3) is 0 Å². The monoisotopic (exact) mass is 259 g/mol. The Morgan fingerprint density at radius 2 is 2.12 bits per heavy atom. The van der Waals surface area contributed by atoms with Crippen LogP contribution in [0.3, 0.4) is 0 Å². The van der Waals surface area contributed by atoms with E-state index in [1.165, 1.54) is 11.1 Å². The third-order valence-electron chi connectivity index (χ3n) is 2.86. The Labute approximate surface area is 101 Å². The third kappa shape index (κ3) is 2.56. The van der Waals surface area contributed by atoms with Gasteiger partial charge in [0.05, 0.1) is 5.75 Å². The molecular weight excluding hydrogens is 246 g/mol. The van der Waals surface area contributed by atoms with Gasteiger partial charge in [-0.3, -0.25) is 0 Å². The molecule has 5 heteroatoms. The lowest BCUT2D eigenvalue weighted by molar-refractivity contribution is 0.553. The molecular formula is C11H14ClNO2S. The number of hydrogen-bond acceptors (Lipinski definition) is 2. The predicted octanol–water partition coefficient (Wildman–Crippen LogP) is 1.48. The van der Waals surface area contributed by atoms with Gasteiger partial charge in [0.2, 0.25) is 10.0 Å². The first kappa shape index (κ1) is 11.9. The molecule has 1 N–H and O–H groups in total. The predicted molar refractivity (Wildman–Crippen MR) is 65.4 cm³/mol. The largest absolute Gasteiger partial charge is 0.215 e. The topological polar surface area (TPSA) is 46.2 Å². The second kappa shape index (κ2) is 4.73. The Hall–Kier alpha value is -0.580. The van der Waals surface area contributed by atoms with Crippen LogP contribution in [0.4, 0.5) is 0 Å². The van der Waals surface area contributed by atoms with Crippen LogP contribution in [0, 0.1) is 0 Å². The van der Waals surface area contributed by atoms with Crippen molar-refractivity contribution < 1.29 is 8.42 Å². The average Bonchev–Trinajstić information content (AvgIpc) is 2.19. The van der Waals surface area contributed by atoms with Crippen LogP contribution >= 0.6 is 11.6 Å². The van der Waals surface area contributed by atoms with Crippen molar-refractivity contribution in [2.24, 2.45) is 0 Å². The fraction of sp³-hybridized carbons (Fsp3) is 0.455. The molecule has 16 heavy (non-hydrogen) atoms. The maximum atomic E-state index is 11.4. The van der Waals surface area contributed by atoms with E-state index < -0.39 is 10.0 Å². The van der Waals surface area contributed by atoms with Gasteiger partial charge in [0, 0.05) is 18.3 Å². The molecule has 1 aliphatic rings. The molecule has 2 rings (SSSR count). The van der Waals surface area contributed by atoms with Crippen molar-refractivity contribution in [3.8, 4) is 0 Å². The summed E-state index contributed by atoms with van der Waals surface area (Å²) in [5, 5.41) is 0. The smallest absolute Gasteiger partial charge is 0.212 e. The minimum absolute atomic E-state index is 0.0110. The van der Waals surface area contributed by atoms with Gasteiger partial charge in [-0.05, 0) is 17.5 Å². The van der Waals surface area contributed by atoms with Gasteiger partial charge >= 0.3 is 0 Å². The molecule has 88 valence electrons. The van der Waals surface area contributed by atoms with Gasteiger partial charge < -0.3 is 0 Å². The van der Waals surface area contributed by atoms with Crippen molar-refractivity contribution in [2.45, 2.75) is 12.3 Å². The molecule has 1 aliphatic carbocycles. The highest BCUT2D eigenvalue weighted by atomic mass is 35.5. The van der Waals surface area contributed by atoms with E-state index in [1.807, 2.05) is 12.1 Å². The van der Waals surface area contributed by atoms with Gasteiger partial charge in [0.15, 0.2) is 0 Å². The molecule has 0 fully saturated rings. The number of fused-ring (bicyclic) bond motifs is 1. The van der Waals surface area contributed by atoms with E-state index in [0.717, 1.165) is 6.42 Å². The molecule has 1 unspecified atom stereocenters. The maximum Gasteiger partial charge on any atom is 0.212 e. The molecule has 0 saturated heterocycles. The summed E-state index contributed by atoms with van der Waals surface area (Å²) < 4.78 is 25.4. The standard InChI is InChI=1S/C11H14ClNO2S/c12-5-6-16(14,15)13-8-10-7-9-3-1-2-4-11(9)10/h1-4,10,13H,5-8H2. The minimum Gasteiger partial charge on any atom is -0.215 e. The van der Waals surface area contributed by atoms with Gasteiger partial charge in [0.1, 0.15) is 0 Å². The number of hydrogen-bond donors (Lipinski definition) is 1. The number of alkyl halides is 1. The van der Waals surface area contributed by atoms with E-state index in [9.17, 15) is 8.42 Å². The molecule has 0 bridgehead atoms. The quantitative estimate of drug-likeness (QED) is 0.815. The van der Waals surface area contributed by atoms with E-state index in [0.29, 0.717) is 12.5 Å². The molecule has 1 atom stereocenters. The zero-order chi connectivity index (χ0) is 11.6. The van der Waals surface area contributed by atoms with Crippen LogP contribution in [0.5, 0.6) is 0 Å². The maximum absolute atomic E-state index is 11.4. The van der Waals surface area contributed by atoms with Gasteiger partial charge in [-0.2, -0.15) is 0 Å². The SMILES string of the molecule is O=S(=O)(CCCl)NCC1Cc2ccccc21. The second-order valence-electron chi connectivity index (χ2n) is 3.96. The zero-order valence-electron chi connectivity index (χ0n) is 8.82. The molecule has 3 nitrogen and oxygen atoms in total. The molecule has 0 aromatic heterocycles. The third-order valence-corrected chi connectivity index (χ3v) is 4.62. The molecule has 0 spiro atoms. The minimum atomic E-state index is -3.19. The van der Waals surface area contributed by atoms with Crippen molar-refractivity contribution in [2.75, 3.05) is 18.2 Å². The summed E-state index contributed by atoms with van der Waals surface area (Å²) in [5.74, 6) is 0.445. The number of halogens is 1. The molecule has 0 heterocycles. The Balaban J connectivity index is 1.91. The van der Waals surface area contributed by atoms with Crippen LogP contribution in [0.1, 0.15) is 17.0 Å². The van der Waals surface area contributed by atoms with Crippen molar-refractivity contribution in [1.82, 2.24) is 4.72 Å². The summed E-state index contributed by atoms with van der Waals surface area (Å²) in [5.41, 5.74) is 2.58. The normalized spacial score (nSPS) is 18.9. The molecule has 1 aromatic rings. The van der Waals surface area contributed by atoms with Gasteiger partial charge in [-0.25, -0.2) is 13.1 Å². The summed E-state index contributed by atoms with van der Waals surface area (Å²) in [4.78, 5) is 0. The number of rotatable bonds is 5. The van der Waals surface area contributed by atoms with Crippen molar-refractivity contribution in [1.29, 1.82) is 0 Å². The first-order valence-corrected chi connectivity index (χ1v) is 7.42. The van der Waals surface area contributed by atoms with E-state index >= 15 is 0 Å². The van der Waals surface area contributed by atoms with Crippen LogP contribution in [-0.2, 0) is 16.4 Å². The zero-order valence-corrected chi connectivity index (χ0v) is 10.4. The van der Waals surface area contributed by atoms with Crippen molar-refractivity contribution in [3.63, 3.8) is 0 Å². The average molecular weight is 260 g/mol. The van der Waals surface area contributed by atoms with Gasteiger partial charge in [-0.1, -0.05) is 24.3 Å². The van der Waals surface area contributed by atoms with E-state index in [-0.39, 0.29) is 11.6 Å². The number of benzene rings is 1. The van der Waals surface area contributed by atoms with Crippen LogP contribution in [-0.4, -0.2) is 26.6 Å². The van der Waals surface area contributed by atoms with E-state index in [2.05, 4.69) is 16.9 Å². The lowest BCUT2D eigenvalue weighted by Crippen LogP contribution is -2.34. The summed E-state index contributed by atoms with van der Waals surface area (Å²) in [7, 11) is -3.19. The number of nitrogens with one attached hydrogen (secondary N) is 1. The molecule has 0 radical (unpaired) electrons. The van der Waals surface area contributed by atoms with Crippen molar-refractivity contribution in [3.05, 3.63) is 35.4 Å². The van der Waals surface area contributed by atoms with Gasteiger partial charge in [0.25, 0.3) is 0 Å². The summed E-state index contributed by atoms with van der Waals surface area (Å²) in [6.45, 7) is 0.482. The molecule has 1 aromatic carbocycles. The van der Waals surface area contributed by atoms with E-state index in [1.54, 1.807) is 0 Å². The summed E-state index contributed by atoms with van der Waals surface area (Å²) >= 11 is 5.41. The first-order chi connectivity index (χ1) is 7.62. The lowest BCUT2D eigenvalue weighted by atomic mass is 9.78. The lowest BCUT2D eigenvalue weighted by Gasteiger charge is -2.30. The Morgan fingerprint density at radius 3 is 2.81 bits per heavy atom. The highest BCUT2D eigenvalue weighted by molar-refractivity contribution is 7.89. The Morgan fingerprint density at radius 1 is 1.38 bits per heavy atom. The van der Waals surface area contributed by atoms with Crippen LogP contribution in [0.2, 0.25) is 0 Å². The van der Waals surface area contributed by atoms with Crippen molar-refractivity contribution >= 4 is 21.6 Å². The molecule has 0 saturated carbocycles. The van der Waals surface area contributed by atoms with Crippen LogP contribution in [0.15, 0.2) is 24.3 Å². The second-order valence-corrected chi connectivity index (χ2v) is 6.26.